The van der Waals surface area contributed by atoms with Gasteiger partial charge >= 0.3 is 0 Å². The molecular weight excluding hydrogens is 386 g/mol. The van der Waals surface area contributed by atoms with Crippen LogP contribution in [0.5, 0.6) is 5.75 Å². The monoisotopic (exact) mass is 407 g/mol. The molecule has 0 radical (unpaired) electrons. The Morgan fingerprint density at radius 2 is 1.37 bits per heavy atom. The number of fused-ring (bicyclic) bond motifs is 1. The Hall–Kier alpha value is -3.68. The maximum atomic E-state index is 12.8. The van der Waals surface area contributed by atoms with E-state index in [0.717, 1.165) is 4.90 Å². The number of para-hydroxylation sites is 1. The van der Waals surface area contributed by atoms with Crippen LogP contribution < -0.4 is 4.74 Å². The summed E-state index contributed by atoms with van der Waals surface area (Å²) in [5.74, 6) is -0.858. The van der Waals surface area contributed by atoms with Gasteiger partial charge in [0, 0.05) is 26.2 Å². The number of methoxy groups -OCH3 is 1. The standard InChI is InChI=1S/C22H21N3O5/c1-30-18-9-5-4-8-17(18)20(27)24-12-10-23(11-13-24)19(26)14-25-21(28)15-6-2-3-7-16(15)22(25)29/h2-9H,10-14H2,1H3. The molecular formula is C22H21N3O5. The largest absolute Gasteiger partial charge is 0.496 e. The molecule has 2 heterocycles. The van der Waals surface area contributed by atoms with E-state index in [0.29, 0.717) is 48.6 Å². The molecule has 4 amide bonds. The van der Waals surface area contributed by atoms with Gasteiger partial charge in [0.15, 0.2) is 0 Å². The summed E-state index contributed by atoms with van der Waals surface area (Å²) < 4.78 is 5.26. The van der Waals surface area contributed by atoms with Gasteiger partial charge in [-0.15, -0.1) is 0 Å². The summed E-state index contributed by atoms with van der Waals surface area (Å²) in [6.07, 6.45) is 0. The van der Waals surface area contributed by atoms with Crippen molar-refractivity contribution in [1.82, 2.24) is 14.7 Å². The van der Waals surface area contributed by atoms with Crippen molar-refractivity contribution in [2.75, 3.05) is 39.8 Å². The zero-order chi connectivity index (χ0) is 21.3. The number of carbonyl (C=O) groups is 4. The number of rotatable bonds is 4. The van der Waals surface area contributed by atoms with Gasteiger partial charge in [-0.2, -0.15) is 0 Å². The average Bonchev–Trinajstić information content (AvgIpc) is 3.03. The quantitative estimate of drug-likeness (QED) is 0.713. The molecule has 0 unspecified atom stereocenters. The van der Waals surface area contributed by atoms with E-state index < -0.39 is 11.8 Å². The maximum absolute atomic E-state index is 12.8. The van der Waals surface area contributed by atoms with Crippen LogP contribution in [0, 0.1) is 0 Å². The molecule has 8 nitrogen and oxygen atoms in total. The predicted molar refractivity (Wildman–Crippen MR) is 107 cm³/mol. The lowest BCUT2D eigenvalue weighted by Gasteiger charge is -2.35. The fourth-order valence-electron chi connectivity index (χ4n) is 3.77. The van der Waals surface area contributed by atoms with Crippen LogP contribution in [-0.2, 0) is 4.79 Å². The Balaban J connectivity index is 1.37. The van der Waals surface area contributed by atoms with Gasteiger partial charge in [0.2, 0.25) is 5.91 Å². The molecule has 0 N–H and O–H groups in total. The van der Waals surface area contributed by atoms with Crippen LogP contribution in [0.3, 0.4) is 0 Å². The first-order chi connectivity index (χ1) is 14.5. The van der Waals surface area contributed by atoms with Crippen LogP contribution in [0.1, 0.15) is 31.1 Å². The molecule has 154 valence electrons. The summed E-state index contributed by atoms with van der Waals surface area (Å²) in [4.78, 5) is 54.6. The molecule has 0 saturated carbocycles. The van der Waals surface area contributed by atoms with Gasteiger partial charge in [-0.1, -0.05) is 24.3 Å². The molecule has 0 aliphatic carbocycles. The van der Waals surface area contributed by atoms with Gasteiger partial charge < -0.3 is 14.5 Å². The van der Waals surface area contributed by atoms with Crippen molar-refractivity contribution >= 4 is 23.6 Å². The fourth-order valence-corrected chi connectivity index (χ4v) is 3.77. The lowest BCUT2D eigenvalue weighted by molar-refractivity contribution is -0.132. The molecule has 2 aliphatic rings. The normalized spacial score (nSPS) is 16.0. The van der Waals surface area contributed by atoms with Crippen molar-refractivity contribution in [3.8, 4) is 5.75 Å². The van der Waals surface area contributed by atoms with E-state index in [9.17, 15) is 19.2 Å². The highest BCUT2D eigenvalue weighted by Gasteiger charge is 2.37. The number of ether oxygens (including phenoxy) is 1. The van der Waals surface area contributed by atoms with E-state index in [1.54, 1.807) is 58.3 Å². The van der Waals surface area contributed by atoms with Crippen molar-refractivity contribution in [3.05, 3.63) is 65.2 Å². The minimum absolute atomic E-state index is 0.153. The number of hydrogen-bond donors (Lipinski definition) is 0. The minimum atomic E-state index is -0.450. The smallest absolute Gasteiger partial charge is 0.262 e. The van der Waals surface area contributed by atoms with Crippen LogP contribution in [0.4, 0.5) is 0 Å². The predicted octanol–water partition coefficient (Wildman–Crippen LogP) is 1.28. The minimum Gasteiger partial charge on any atom is -0.496 e. The third-order valence-corrected chi connectivity index (χ3v) is 5.43. The first-order valence-corrected chi connectivity index (χ1v) is 9.66. The summed E-state index contributed by atoms with van der Waals surface area (Å²) in [7, 11) is 1.52. The van der Waals surface area contributed by atoms with E-state index in [-0.39, 0.29) is 18.4 Å². The highest BCUT2D eigenvalue weighted by molar-refractivity contribution is 6.22. The molecule has 4 rings (SSSR count). The molecule has 2 aromatic carbocycles. The van der Waals surface area contributed by atoms with Crippen molar-refractivity contribution in [2.24, 2.45) is 0 Å². The molecule has 1 saturated heterocycles. The second kappa shape index (κ2) is 7.98. The number of imide groups is 1. The van der Waals surface area contributed by atoms with Crippen molar-refractivity contribution in [2.45, 2.75) is 0 Å². The Morgan fingerprint density at radius 1 is 0.833 bits per heavy atom. The fraction of sp³-hybridized carbons (Fsp3) is 0.273. The van der Waals surface area contributed by atoms with E-state index in [1.807, 2.05) is 0 Å². The Labute approximate surface area is 173 Å². The van der Waals surface area contributed by atoms with E-state index in [1.165, 1.54) is 7.11 Å². The van der Waals surface area contributed by atoms with Crippen molar-refractivity contribution in [1.29, 1.82) is 0 Å². The number of amides is 4. The Bertz CT molecular complexity index is 992. The summed E-state index contributed by atoms with van der Waals surface area (Å²) in [5.41, 5.74) is 1.12. The van der Waals surface area contributed by atoms with E-state index >= 15 is 0 Å². The molecule has 0 spiro atoms. The molecule has 8 heteroatoms. The number of benzene rings is 2. The highest BCUT2D eigenvalue weighted by Crippen LogP contribution is 2.23. The van der Waals surface area contributed by atoms with Crippen molar-refractivity contribution in [3.63, 3.8) is 0 Å². The second-order valence-corrected chi connectivity index (χ2v) is 7.12. The first-order valence-electron chi connectivity index (χ1n) is 9.66. The molecule has 0 aromatic heterocycles. The topological polar surface area (TPSA) is 87.2 Å². The van der Waals surface area contributed by atoms with Gasteiger partial charge in [-0.25, -0.2) is 0 Å². The third kappa shape index (κ3) is 3.41. The summed E-state index contributed by atoms with van der Waals surface area (Å²) in [6, 6.07) is 13.6. The molecule has 0 bridgehead atoms. The molecule has 2 aliphatic heterocycles. The lowest BCUT2D eigenvalue weighted by Crippen LogP contribution is -2.53. The molecule has 30 heavy (non-hydrogen) atoms. The van der Waals surface area contributed by atoms with Crippen LogP contribution in [0.15, 0.2) is 48.5 Å². The zero-order valence-electron chi connectivity index (χ0n) is 16.5. The van der Waals surface area contributed by atoms with Gasteiger partial charge in [0.25, 0.3) is 17.7 Å². The zero-order valence-corrected chi connectivity index (χ0v) is 16.5. The summed E-state index contributed by atoms with van der Waals surface area (Å²) >= 11 is 0. The number of hydrogen-bond acceptors (Lipinski definition) is 5. The summed E-state index contributed by atoms with van der Waals surface area (Å²) in [6.45, 7) is 1.11. The van der Waals surface area contributed by atoms with Gasteiger partial charge in [0.05, 0.1) is 23.8 Å². The van der Waals surface area contributed by atoms with Gasteiger partial charge in [0.1, 0.15) is 12.3 Å². The third-order valence-electron chi connectivity index (χ3n) is 5.43. The second-order valence-electron chi connectivity index (χ2n) is 7.12. The van der Waals surface area contributed by atoms with E-state index in [4.69, 9.17) is 4.74 Å². The average molecular weight is 407 g/mol. The van der Waals surface area contributed by atoms with Crippen LogP contribution in [0.2, 0.25) is 0 Å². The first kappa shape index (κ1) is 19.6. The van der Waals surface area contributed by atoms with Crippen molar-refractivity contribution < 1.29 is 23.9 Å². The molecule has 0 atom stereocenters. The molecule has 1 fully saturated rings. The van der Waals surface area contributed by atoms with Gasteiger partial charge in [-0.3, -0.25) is 24.1 Å². The number of piperazine rings is 1. The number of carbonyl (C=O) groups excluding carboxylic acids is 4. The van der Waals surface area contributed by atoms with Crippen LogP contribution >= 0.6 is 0 Å². The van der Waals surface area contributed by atoms with Crippen LogP contribution in [0.25, 0.3) is 0 Å². The SMILES string of the molecule is COc1ccccc1C(=O)N1CCN(C(=O)CN2C(=O)c3ccccc3C2=O)CC1. The number of nitrogens with zero attached hydrogens (tertiary/aromatic N) is 3. The van der Waals surface area contributed by atoms with Crippen LogP contribution in [-0.4, -0.2) is 78.2 Å². The summed E-state index contributed by atoms with van der Waals surface area (Å²) in [5, 5.41) is 0. The Morgan fingerprint density at radius 3 is 1.97 bits per heavy atom. The molecule has 2 aromatic rings. The lowest BCUT2D eigenvalue weighted by atomic mass is 10.1. The maximum Gasteiger partial charge on any atom is 0.262 e. The highest BCUT2D eigenvalue weighted by atomic mass is 16.5. The van der Waals surface area contributed by atoms with E-state index in [2.05, 4.69) is 0 Å². The van der Waals surface area contributed by atoms with Gasteiger partial charge in [-0.05, 0) is 24.3 Å². The Kier molecular flexibility index (Phi) is 5.22.